The number of nitrogens with zero attached hydrogens (tertiary/aromatic N) is 1. The number of hydrogen-bond donors (Lipinski definition) is 2. The first kappa shape index (κ1) is 21.6. The van der Waals surface area contributed by atoms with Gasteiger partial charge in [0.05, 0.1) is 19.9 Å². The van der Waals surface area contributed by atoms with Gasteiger partial charge in [-0.1, -0.05) is 17.7 Å². The number of nitriles is 1. The van der Waals surface area contributed by atoms with Gasteiger partial charge < -0.3 is 25.3 Å². The van der Waals surface area contributed by atoms with Gasteiger partial charge >= 0.3 is 0 Å². The minimum absolute atomic E-state index is 0.153. The number of nitrogens with one attached hydrogen (secondary N) is 1. The van der Waals surface area contributed by atoms with Crippen molar-refractivity contribution < 1.29 is 23.8 Å². The molecule has 0 unspecified atom stereocenters. The summed E-state index contributed by atoms with van der Waals surface area (Å²) in [4.78, 5) is 23.4. The van der Waals surface area contributed by atoms with Crippen molar-refractivity contribution in [2.45, 2.75) is 0 Å². The number of halogens is 1. The van der Waals surface area contributed by atoms with Crippen LogP contribution in [0, 0.1) is 11.3 Å². The van der Waals surface area contributed by atoms with Crippen LogP contribution in [0.4, 0.5) is 5.69 Å². The summed E-state index contributed by atoms with van der Waals surface area (Å²) in [6.45, 7) is -0.307. The molecule has 0 aliphatic heterocycles. The van der Waals surface area contributed by atoms with Gasteiger partial charge in [0.1, 0.15) is 17.4 Å². The minimum Gasteiger partial charge on any atom is -0.495 e. The lowest BCUT2D eigenvalue weighted by atomic mass is 10.1. The van der Waals surface area contributed by atoms with E-state index < -0.39 is 11.8 Å². The number of rotatable bonds is 8. The Morgan fingerprint density at radius 3 is 2.45 bits per heavy atom. The second-order valence-corrected chi connectivity index (χ2v) is 6.07. The molecule has 0 saturated heterocycles. The number of carbonyl (C=O) groups excluding carboxylic acids is 2. The Labute approximate surface area is 172 Å². The fraction of sp³-hybridized carbons (Fsp3) is 0.150. The van der Waals surface area contributed by atoms with Crippen molar-refractivity contribution in [3.8, 4) is 23.3 Å². The molecule has 8 nitrogen and oxygen atoms in total. The molecule has 0 heterocycles. The third kappa shape index (κ3) is 5.89. The molecule has 0 atom stereocenters. The third-order valence-corrected chi connectivity index (χ3v) is 3.88. The van der Waals surface area contributed by atoms with Gasteiger partial charge in [-0.15, -0.1) is 0 Å². The van der Waals surface area contributed by atoms with Crippen LogP contribution in [0.25, 0.3) is 6.08 Å². The van der Waals surface area contributed by atoms with E-state index in [0.29, 0.717) is 33.5 Å². The van der Waals surface area contributed by atoms with E-state index in [1.165, 1.54) is 26.4 Å². The van der Waals surface area contributed by atoms with Crippen LogP contribution < -0.4 is 25.3 Å². The number of hydrogen-bond acceptors (Lipinski definition) is 6. The molecule has 0 aromatic heterocycles. The second kappa shape index (κ2) is 10.0. The smallest absolute Gasteiger partial charge is 0.266 e. The molecule has 2 aromatic rings. The molecular weight excluding hydrogens is 398 g/mol. The van der Waals surface area contributed by atoms with Crippen LogP contribution in [-0.2, 0) is 9.59 Å². The summed E-state index contributed by atoms with van der Waals surface area (Å²) >= 11 is 5.95. The Balaban J connectivity index is 2.27. The summed E-state index contributed by atoms with van der Waals surface area (Å²) in [7, 11) is 2.87. The fourth-order valence-corrected chi connectivity index (χ4v) is 2.50. The van der Waals surface area contributed by atoms with Crippen LogP contribution >= 0.6 is 11.6 Å². The lowest BCUT2D eigenvalue weighted by Gasteiger charge is -2.11. The summed E-state index contributed by atoms with van der Waals surface area (Å²) < 4.78 is 15.6. The van der Waals surface area contributed by atoms with E-state index in [-0.39, 0.29) is 12.2 Å². The Morgan fingerprint density at radius 2 is 1.83 bits per heavy atom. The van der Waals surface area contributed by atoms with Crippen molar-refractivity contribution >= 4 is 35.2 Å². The summed E-state index contributed by atoms with van der Waals surface area (Å²) in [5.74, 6) is -0.251. The van der Waals surface area contributed by atoms with Crippen molar-refractivity contribution in [3.05, 3.63) is 52.6 Å². The number of benzene rings is 2. The van der Waals surface area contributed by atoms with Gasteiger partial charge in [-0.05, 0) is 42.0 Å². The molecule has 2 rings (SSSR count). The first-order valence-corrected chi connectivity index (χ1v) is 8.61. The fourth-order valence-electron chi connectivity index (χ4n) is 2.32. The summed E-state index contributed by atoms with van der Waals surface area (Å²) in [6, 6.07) is 11.3. The first-order chi connectivity index (χ1) is 13.9. The molecule has 0 radical (unpaired) electrons. The molecule has 0 fully saturated rings. The van der Waals surface area contributed by atoms with Crippen molar-refractivity contribution in [2.24, 2.45) is 5.73 Å². The summed E-state index contributed by atoms with van der Waals surface area (Å²) in [6.07, 6.45) is 1.38. The van der Waals surface area contributed by atoms with E-state index in [2.05, 4.69) is 5.32 Å². The molecule has 2 aromatic carbocycles. The molecule has 0 spiro atoms. The van der Waals surface area contributed by atoms with E-state index in [9.17, 15) is 14.9 Å². The standard InChI is InChI=1S/C20H18ClN3O5/c1-27-16-6-4-14(21)9-15(16)24-20(26)13(10-22)7-12-3-5-17(18(8-12)28-2)29-11-19(23)25/h3-9H,11H2,1-2H3,(H2,23,25)(H,24,26)/b13-7+. The van der Waals surface area contributed by atoms with E-state index in [0.717, 1.165) is 0 Å². The SMILES string of the molecule is COc1ccc(Cl)cc1NC(=O)/C(C#N)=C/c1ccc(OCC(N)=O)c(OC)c1. The highest BCUT2D eigenvalue weighted by Crippen LogP contribution is 2.30. The molecule has 0 aliphatic carbocycles. The number of nitrogens with two attached hydrogens (primary N) is 1. The molecule has 0 bridgehead atoms. The Kier molecular flexibility index (Phi) is 7.46. The van der Waals surface area contributed by atoms with Crippen LogP contribution in [0.5, 0.6) is 17.2 Å². The Bertz CT molecular complexity index is 998. The first-order valence-electron chi connectivity index (χ1n) is 8.23. The van der Waals surface area contributed by atoms with Crippen molar-refractivity contribution in [1.29, 1.82) is 5.26 Å². The number of methoxy groups -OCH3 is 2. The predicted octanol–water partition coefficient (Wildman–Crippen LogP) is 2.77. The molecule has 0 saturated carbocycles. The normalized spacial score (nSPS) is 10.6. The zero-order valence-corrected chi connectivity index (χ0v) is 16.4. The Morgan fingerprint density at radius 1 is 1.14 bits per heavy atom. The number of carbonyl (C=O) groups is 2. The zero-order chi connectivity index (χ0) is 21.4. The zero-order valence-electron chi connectivity index (χ0n) is 15.7. The second-order valence-electron chi connectivity index (χ2n) is 5.63. The van der Waals surface area contributed by atoms with Crippen LogP contribution in [0.2, 0.25) is 5.02 Å². The van der Waals surface area contributed by atoms with E-state index in [1.807, 2.05) is 6.07 Å². The lowest BCUT2D eigenvalue weighted by molar-refractivity contribution is -0.120. The molecule has 29 heavy (non-hydrogen) atoms. The average molecular weight is 416 g/mol. The summed E-state index contributed by atoms with van der Waals surface area (Å²) in [5, 5.41) is 12.4. The number of amides is 2. The van der Waals surface area contributed by atoms with Crippen molar-refractivity contribution in [3.63, 3.8) is 0 Å². The number of ether oxygens (including phenoxy) is 3. The van der Waals surface area contributed by atoms with Gasteiger partial charge in [0.15, 0.2) is 18.1 Å². The largest absolute Gasteiger partial charge is 0.495 e. The van der Waals surface area contributed by atoms with E-state index in [1.54, 1.807) is 30.3 Å². The van der Waals surface area contributed by atoms with Crippen molar-refractivity contribution in [2.75, 3.05) is 26.1 Å². The lowest BCUT2D eigenvalue weighted by Crippen LogP contribution is -2.20. The van der Waals surface area contributed by atoms with Gasteiger partial charge in [-0.3, -0.25) is 9.59 Å². The van der Waals surface area contributed by atoms with Crippen LogP contribution in [0.3, 0.4) is 0 Å². The highest BCUT2D eigenvalue weighted by Gasteiger charge is 2.14. The third-order valence-electron chi connectivity index (χ3n) is 3.64. The highest BCUT2D eigenvalue weighted by atomic mass is 35.5. The molecule has 3 N–H and O–H groups in total. The minimum atomic E-state index is -0.638. The number of anilines is 1. The average Bonchev–Trinajstić information content (AvgIpc) is 2.70. The molecule has 2 amide bonds. The maximum atomic E-state index is 12.5. The topological polar surface area (TPSA) is 124 Å². The van der Waals surface area contributed by atoms with Gasteiger partial charge in [0.25, 0.3) is 11.8 Å². The Hall–Kier alpha value is -3.70. The maximum Gasteiger partial charge on any atom is 0.266 e. The van der Waals surface area contributed by atoms with Crippen LogP contribution in [0.15, 0.2) is 42.0 Å². The molecular formula is C20H18ClN3O5. The monoisotopic (exact) mass is 415 g/mol. The molecule has 150 valence electrons. The van der Waals surface area contributed by atoms with Crippen LogP contribution in [0.1, 0.15) is 5.56 Å². The van der Waals surface area contributed by atoms with E-state index in [4.69, 9.17) is 31.5 Å². The molecule has 9 heteroatoms. The molecule has 0 aliphatic rings. The van der Waals surface area contributed by atoms with Gasteiger partial charge in [-0.2, -0.15) is 5.26 Å². The summed E-state index contributed by atoms with van der Waals surface area (Å²) in [5.41, 5.74) is 5.75. The van der Waals surface area contributed by atoms with Crippen LogP contribution in [-0.4, -0.2) is 32.6 Å². The van der Waals surface area contributed by atoms with Gasteiger partial charge in [-0.25, -0.2) is 0 Å². The maximum absolute atomic E-state index is 12.5. The van der Waals surface area contributed by atoms with Gasteiger partial charge in [0, 0.05) is 5.02 Å². The predicted molar refractivity (Wildman–Crippen MR) is 108 cm³/mol. The highest BCUT2D eigenvalue weighted by molar-refractivity contribution is 6.31. The van der Waals surface area contributed by atoms with Gasteiger partial charge in [0.2, 0.25) is 0 Å². The quantitative estimate of drug-likeness (QED) is 0.504. The van der Waals surface area contributed by atoms with E-state index >= 15 is 0 Å². The number of primary amides is 1. The van der Waals surface area contributed by atoms with Crippen molar-refractivity contribution in [1.82, 2.24) is 0 Å².